The van der Waals surface area contributed by atoms with E-state index in [0.717, 1.165) is 0 Å². The molecule has 9 heteroatoms. The lowest BCUT2D eigenvalue weighted by molar-refractivity contribution is -0.117. The van der Waals surface area contributed by atoms with Crippen LogP contribution in [0.1, 0.15) is 12.8 Å². The van der Waals surface area contributed by atoms with E-state index < -0.39 is 16.7 Å². The Labute approximate surface area is 137 Å². The summed E-state index contributed by atoms with van der Waals surface area (Å²) in [6.45, 7) is 0.592. The highest BCUT2D eigenvalue weighted by atomic mass is 79.9. The second-order valence-electron chi connectivity index (χ2n) is 4.96. The summed E-state index contributed by atoms with van der Waals surface area (Å²) in [4.78, 5) is 12.2. The van der Waals surface area contributed by atoms with Gasteiger partial charge in [-0.05, 0) is 47.0 Å². The second-order valence-corrected chi connectivity index (χ2v) is 6.85. The molecule has 0 aliphatic carbocycles. The molecule has 0 saturated carbocycles. The van der Waals surface area contributed by atoms with E-state index >= 15 is 0 Å². The first-order valence-corrected chi connectivity index (χ1v) is 8.55. The quantitative estimate of drug-likeness (QED) is 0.414. The maximum Gasteiger partial charge on any atom is 0.203 e. The summed E-state index contributed by atoms with van der Waals surface area (Å²) in [5.74, 6) is -1.43. The smallest absolute Gasteiger partial charge is 0.203 e. The van der Waals surface area contributed by atoms with Crippen LogP contribution >= 0.6 is 15.9 Å². The molecule has 1 saturated heterocycles. The Kier molecular flexibility index (Phi) is 5.65. The van der Waals surface area contributed by atoms with Crippen LogP contribution in [0.2, 0.25) is 0 Å². The summed E-state index contributed by atoms with van der Waals surface area (Å²) in [6, 6.07) is 4.11. The van der Waals surface area contributed by atoms with E-state index in [1.165, 1.54) is 22.5 Å². The minimum Gasteiger partial charge on any atom is -0.338 e. The Morgan fingerprint density at radius 1 is 1.36 bits per heavy atom. The monoisotopic (exact) mass is 391 g/mol. The Morgan fingerprint density at radius 2 is 2.00 bits per heavy atom. The van der Waals surface area contributed by atoms with Crippen LogP contribution in [0.3, 0.4) is 0 Å². The van der Waals surface area contributed by atoms with Crippen molar-refractivity contribution in [3.05, 3.63) is 28.5 Å². The van der Waals surface area contributed by atoms with E-state index in [1.54, 1.807) is 0 Å². The third-order valence-corrected chi connectivity index (χ3v) is 4.98. The van der Waals surface area contributed by atoms with Gasteiger partial charge in [0.15, 0.2) is 5.84 Å². The van der Waals surface area contributed by atoms with E-state index in [1.807, 2.05) is 0 Å². The molecule has 0 atom stereocenters. The molecular formula is C13H15BrFN3O3S. The fraction of sp³-hybridized carbons (Fsp3) is 0.385. The Hall–Kier alpha value is -1.32. The van der Waals surface area contributed by atoms with E-state index in [4.69, 9.17) is 5.41 Å². The van der Waals surface area contributed by atoms with E-state index in [9.17, 15) is 17.6 Å². The number of thiol groups is 1. The van der Waals surface area contributed by atoms with Crippen molar-refractivity contribution < 1.29 is 17.6 Å². The third-order valence-electron chi connectivity index (χ3n) is 3.51. The van der Waals surface area contributed by atoms with Crippen molar-refractivity contribution >= 4 is 44.1 Å². The number of rotatable bonds is 4. The zero-order valence-electron chi connectivity index (χ0n) is 11.5. The summed E-state index contributed by atoms with van der Waals surface area (Å²) in [5, 5.41) is 10.5. The summed E-state index contributed by atoms with van der Waals surface area (Å²) in [7, 11) is -2.61. The van der Waals surface area contributed by atoms with Crippen LogP contribution in [0.5, 0.6) is 0 Å². The minimum absolute atomic E-state index is 0.241. The van der Waals surface area contributed by atoms with Crippen LogP contribution in [-0.2, 0) is 15.7 Å². The molecule has 0 bridgehead atoms. The van der Waals surface area contributed by atoms with Gasteiger partial charge in [0.2, 0.25) is 16.7 Å². The van der Waals surface area contributed by atoms with Gasteiger partial charge in [0.25, 0.3) is 0 Å². The average molecular weight is 392 g/mol. The fourth-order valence-corrected chi connectivity index (χ4v) is 3.21. The van der Waals surface area contributed by atoms with Gasteiger partial charge in [-0.25, -0.2) is 17.1 Å². The van der Waals surface area contributed by atoms with Crippen molar-refractivity contribution in [2.75, 3.05) is 18.4 Å². The number of piperidine rings is 1. The molecule has 2 N–H and O–H groups in total. The molecule has 0 unspecified atom stereocenters. The SMILES string of the molecule is N=C(Nc1ccc(F)c(Br)c1)C(=O)C1CCN([SH](=O)=O)CC1. The van der Waals surface area contributed by atoms with Crippen molar-refractivity contribution in [1.82, 2.24) is 4.31 Å². The van der Waals surface area contributed by atoms with Gasteiger partial charge in [0.05, 0.1) is 4.47 Å². The number of ketones is 1. The van der Waals surface area contributed by atoms with Gasteiger partial charge in [0.1, 0.15) is 5.82 Å². The highest BCUT2D eigenvalue weighted by Gasteiger charge is 2.28. The van der Waals surface area contributed by atoms with Gasteiger partial charge in [-0.15, -0.1) is 0 Å². The molecule has 1 fully saturated rings. The Bertz CT molecular complexity index is 664. The first-order valence-electron chi connectivity index (χ1n) is 6.62. The zero-order valence-corrected chi connectivity index (χ0v) is 14.0. The molecule has 1 aromatic rings. The number of anilines is 1. The molecule has 1 aliphatic rings. The zero-order chi connectivity index (χ0) is 16.3. The predicted molar refractivity (Wildman–Crippen MR) is 85.1 cm³/mol. The lowest BCUT2D eigenvalue weighted by atomic mass is 9.93. The third kappa shape index (κ3) is 4.11. The largest absolute Gasteiger partial charge is 0.338 e. The lowest BCUT2D eigenvalue weighted by Gasteiger charge is -2.26. The molecule has 1 heterocycles. The highest BCUT2D eigenvalue weighted by Crippen LogP contribution is 2.22. The highest BCUT2D eigenvalue weighted by molar-refractivity contribution is 9.10. The number of halogens is 2. The first-order chi connectivity index (χ1) is 10.4. The molecule has 0 amide bonds. The molecule has 6 nitrogen and oxygen atoms in total. The van der Waals surface area contributed by atoms with Crippen LogP contribution in [0.25, 0.3) is 0 Å². The predicted octanol–water partition coefficient (Wildman–Crippen LogP) is 1.78. The van der Waals surface area contributed by atoms with Crippen LogP contribution in [0.15, 0.2) is 22.7 Å². The van der Waals surface area contributed by atoms with Crippen LogP contribution < -0.4 is 5.32 Å². The Morgan fingerprint density at radius 3 is 2.55 bits per heavy atom. The van der Waals surface area contributed by atoms with Crippen LogP contribution in [0, 0.1) is 17.1 Å². The van der Waals surface area contributed by atoms with E-state index in [0.29, 0.717) is 31.6 Å². The topological polar surface area (TPSA) is 90.3 Å². The molecule has 0 aromatic heterocycles. The summed E-state index contributed by atoms with van der Waals surface area (Å²) in [5.41, 5.74) is 0.437. The first kappa shape index (κ1) is 17.0. The molecule has 0 radical (unpaired) electrons. The molecule has 1 aromatic carbocycles. The van der Waals surface area contributed by atoms with Gasteiger partial charge < -0.3 is 5.32 Å². The lowest BCUT2D eigenvalue weighted by Crippen LogP contribution is -2.38. The normalized spacial score (nSPS) is 16.7. The maximum atomic E-state index is 13.1. The van der Waals surface area contributed by atoms with Crippen molar-refractivity contribution in [1.29, 1.82) is 5.41 Å². The van der Waals surface area contributed by atoms with Crippen molar-refractivity contribution in [3.63, 3.8) is 0 Å². The number of carbonyl (C=O) groups is 1. The standard InChI is InChI=1S/C13H15BrFN3O3S/c14-10-7-9(1-2-11(10)15)17-13(16)12(19)8-3-5-18(6-4-8)22(20)21/h1-2,7-8,22H,3-6H2,(H2,16,17). The summed E-state index contributed by atoms with van der Waals surface area (Å²) >= 11 is 3.04. The van der Waals surface area contributed by atoms with E-state index in [-0.39, 0.29) is 22.0 Å². The number of nitrogens with one attached hydrogen (secondary N) is 2. The number of nitrogens with zero attached hydrogens (tertiary/aromatic N) is 1. The Balaban J connectivity index is 1.95. The molecule has 22 heavy (non-hydrogen) atoms. The molecule has 120 valence electrons. The average Bonchev–Trinajstić information content (AvgIpc) is 2.50. The van der Waals surface area contributed by atoms with Gasteiger partial charge in [-0.2, -0.15) is 0 Å². The number of hydrogen-bond donors (Lipinski definition) is 3. The fourth-order valence-electron chi connectivity index (χ4n) is 2.28. The van der Waals surface area contributed by atoms with Gasteiger partial charge >= 0.3 is 0 Å². The number of benzene rings is 1. The maximum absolute atomic E-state index is 13.1. The van der Waals surface area contributed by atoms with Crippen LogP contribution in [0.4, 0.5) is 10.1 Å². The van der Waals surface area contributed by atoms with Crippen molar-refractivity contribution in [2.45, 2.75) is 12.8 Å². The number of hydrogen-bond acceptors (Lipinski definition) is 4. The van der Waals surface area contributed by atoms with Gasteiger partial charge in [0, 0.05) is 24.7 Å². The van der Waals surface area contributed by atoms with Crippen molar-refractivity contribution in [2.24, 2.45) is 5.92 Å². The van der Waals surface area contributed by atoms with Crippen molar-refractivity contribution in [3.8, 4) is 0 Å². The number of Topliss-reactive ketones (excluding diaryl/α,β-unsaturated/α-hetero) is 1. The minimum atomic E-state index is -2.61. The molecule has 2 rings (SSSR count). The van der Waals surface area contributed by atoms with E-state index in [2.05, 4.69) is 21.2 Å². The number of carbonyl (C=O) groups excluding carboxylic acids is 1. The second kappa shape index (κ2) is 7.30. The van der Waals surface area contributed by atoms with Gasteiger partial charge in [-0.3, -0.25) is 10.2 Å². The van der Waals surface area contributed by atoms with Gasteiger partial charge in [-0.1, -0.05) is 0 Å². The molecule has 0 spiro atoms. The van der Waals surface area contributed by atoms with Crippen LogP contribution in [-0.4, -0.2) is 37.4 Å². The molecular weight excluding hydrogens is 377 g/mol. The molecule has 1 aliphatic heterocycles. The summed E-state index contributed by atoms with van der Waals surface area (Å²) < 4.78 is 36.4. The summed E-state index contributed by atoms with van der Waals surface area (Å²) in [6.07, 6.45) is 0.804. The number of amidine groups is 1.